The number of thioether (sulfide) groups is 1. The van der Waals surface area contributed by atoms with Crippen molar-refractivity contribution in [2.24, 2.45) is 0 Å². The molecule has 66 valence electrons. The molecule has 0 aliphatic rings. The Kier molecular flexibility index (Phi) is 3.53. The second kappa shape index (κ2) is 4.68. The van der Waals surface area contributed by atoms with Crippen LogP contribution in [0.15, 0.2) is 29.2 Å². The van der Waals surface area contributed by atoms with Crippen LogP contribution in [-0.2, 0) is 4.79 Å². The number of carbonyl (C=O) groups excluding carboxylic acids is 1. The number of benzene rings is 1. The van der Waals surface area contributed by atoms with E-state index in [-0.39, 0.29) is 17.4 Å². The van der Waals surface area contributed by atoms with Crippen molar-refractivity contribution < 1.29 is 9.18 Å². The van der Waals surface area contributed by atoms with Gasteiger partial charge in [0.05, 0.1) is 5.75 Å². The maximum Gasteiger partial charge on any atom is 0.215 e. The summed E-state index contributed by atoms with van der Waals surface area (Å²) < 4.78 is 12.6. The molecule has 0 unspecified atom stereocenters. The van der Waals surface area contributed by atoms with Gasteiger partial charge in [-0.2, -0.15) is 0 Å². The van der Waals surface area contributed by atoms with Crippen LogP contribution < -0.4 is 0 Å². The van der Waals surface area contributed by atoms with E-state index in [4.69, 9.17) is 6.42 Å². The molecule has 1 rings (SSSR count). The fourth-order valence-corrected chi connectivity index (χ4v) is 1.50. The lowest BCUT2D eigenvalue weighted by Crippen LogP contribution is -1.95. The highest BCUT2D eigenvalue weighted by molar-refractivity contribution is 8.00. The fourth-order valence-electron chi connectivity index (χ4n) is 0.747. The number of carbonyl (C=O) groups is 1. The molecule has 1 aromatic carbocycles. The van der Waals surface area contributed by atoms with E-state index < -0.39 is 0 Å². The van der Waals surface area contributed by atoms with Crippen molar-refractivity contribution in [1.82, 2.24) is 0 Å². The first-order valence-electron chi connectivity index (χ1n) is 3.60. The van der Waals surface area contributed by atoms with Crippen LogP contribution in [0.3, 0.4) is 0 Å². The topological polar surface area (TPSA) is 17.1 Å². The average Bonchev–Trinajstić information content (AvgIpc) is 2.14. The minimum Gasteiger partial charge on any atom is -0.284 e. The molecule has 0 heterocycles. The zero-order valence-electron chi connectivity index (χ0n) is 6.79. The molecule has 0 spiro atoms. The van der Waals surface area contributed by atoms with Gasteiger partial charge >= 0.3 is 0 Å². The minimum absolute atomic E-state index is 0.194. The van der Waals surface area contributed by atoms with Crippen LogP contribution in [0.5, 0.6) is 0 Å². The first-order chi connectivity index (χ1) is 6.22. The standard InChI is InChI=1S/C10H7FOS/c1-2-9(12)7-13-10-5-3-4-8(11)6-10/h1,3-6H,7H2. The van der Waals surface area contributed by atoms with Crippen molar-refractivity contribution in [1.29, 1.82) is 0 Å². The van der Waals surface area contributed by atoms with E-state index in [0.29, 0.717) is 4.90 Å². The first kappa shape index (κ1) is 9.82. The summed E-state index contributed by atoms with van der Waals surface area (Å²) in [6.07, 6.45) is 4.88. The van der Waals surface area contributed by atoms with Gasteiger partial charge in [-0.3, -0.25) is 4.79 Å². The van der Waals surface area contributed by atoms with Crippen LogP contribution in [-0.4, -0.2) is 11.5 Å². The van der Waals surface area contributed by atoms with Crippen LogP contribution in [0.4, 0.5) is 4.39 Å². The number of Topliss-reactive ketones (excluding diaryl/α,β-unsaturated/α-hetero) is 1. The number of terminal acetylenes is 1. The van der Waals surface area contributed by atoms with E-state index in [9.17, 15) is 9.18 Å². The van der Waals surface area contributed by atoms with Gasteiger partial charge < -0.3 is 0 Å². The van der Waals surface area contributed by atoms with Crippen LogP contribution in [0, 0.1) is 18.2 Å². The Balaban J connectivity index is 2.56. The largest absolute Gasteiger partial charge is 0.284 e. The molecule has 0 aromatic heterocycles. The van der Waals surface area contributed by atoms with Gasteiger partial charge in [-0.15, -0.1) is 18.2 Å². The number of halogens is 1. The smallest absolute Gasteiger partial charge is 0.215 e. The molecular weight excluding hydrogens is 187 g/mol. The number of rotatable bonds is 3. The van der Waals surface area contributed by atoms with Gasteiger partial charge in [0, 0.05) is 4.90 Å². The van der Waals surface area contributed by atoms with Gasteiger partial charge in [0.1, 0.15) is 5.82 Å². The quantitative estimate of drug-likeness (QED) is 0.416. The van der Waals surface area contributed by atoms with Gasteiger partial charge in [0.2, 0.25) is 5.78 Å². The van der Waals surface area contributed by atoms with Crippen molar-refractivity contribution in [3.8, 4) is 12.3 Å². The van der Waals surface area contributed by atoms with Gasteiger partial charge in [-0.1, -0.05) is 6.07 Å². The zero-order chi connectivity index (χ0) is 9.68. The molecule has 13 heavy (non-hydrogen) atoms. The molecule has 0 bridgehead atoms. The molecular formula is C10H7FOS. The molecule has 0 fully saturated rings. The Hall–Kier alpha value is -1.27. The van der Waals surface area contributed by atoms with E-state index in [0.717, 1.165) is 0 Å². The predicted molar refractivity (Wildman–Crippen MR) is 51.0 cm³/mol. The van der Waals surface area contributed by atoms with Crippen LogP contribution >= 0.6 is 11.8 Å². The highest BCUT2D eigenvalue weighted by Crippen LogP contribution is 2.18. The fraction of sp³-hybridized carbons (Fsp3) is 0.100. The summed E-state index contributed by atoms with van der Waals surface area (Å²) in [5.74, 6) is 1.60. The number of hydrogen-bond acceptors (Lipinski definition) is 2. The molecule has 0 aliphatic carbocycles. The number of ketones is 1. The third kappa shape index (κ3) is 3.30. The molecule has 0 radical (unpaired) electrons. The van der Waals surface area contributed by atoms with Crippen molar-refractivity contribution in [3.63, 3.8) is 0 Å². The molecule has 0 aliphatic heterocycles. The summed E-state index contributed by atoms with van der Waals surface area (Å²) in [5, 5.41) is 0. The number of hydrogen-bond donors (Lipinski definition) is 0. The lowest BCUT2D eigenvalue weighted by Gasteiger charge is -1.97. The first-order valence-corrected chi connectivity index (χ1v) is 4.59. The molecule has 0 saturated carbocycles. The second-order valence-electron chi connectivity index (χ2n) is 2.31. The third-order valence-electron chi connectivity index (χ3n) is 1.33. The molecule has 1 aromatic rings. The molecule has 0 atom stereocenters. The SMILES string of the molecule is C#CC(=O)CSc1cccc(F)c1. The summed E-state index contributed by atoms with van der Waals surface area (Å²) >= 11 is 1.24. The van der Waals surface area contributed by atoms with E-state index in [2.05, 4.69) is 0 Å². The maximum atomic E-state index is 12.6. The molecule has 0 saturated heterocycles. The zero-order valence-corrected chi connectivity index (χ0v) is 7.60. The monoisotopic (exact) mass is 194 g/mol. The van der Waals surface area contributed by atoms with Crippen molar-refractivity contribution in [2.45, 2.75) is 4.90 Å². The highest BCUT2D eigenvalue weighted by Gasteiger charge is 1.99. The summed E-state index contributed by atoms with van der Waals surface area (Å²) in [7, 11) is 0. The van der Waals surface area contributed by atoms with E-state index in [1.807, 2.05) is 5.92 Å². The van der Waals surface area contributed by atoms with Crippen LogP contribution in [0.25, 0.3) is 0 Å². The lowest BCUT2D eigenvalue weighted by atomic mass is 10.4. The maximum absolute atomic E-state index is 12.6. The van der Waals surface area contributed by atoms with E-state index in [1.54, 1.807) is 12.1 Å². The summed E-state index contributed by atoms with van der Waals surface area (Å²) in [5.41, 5.74) is 0. The Labute approximate surface area is 80.3 Å². The van der Waals surface area contributed by atoms with E-state index >= 15 is 0 Å². The Morgan fingerprint density at radius 3 is 3.00 bits per heavy atom. The minimum atomic E-state index is -0.307. The molecule has 3 heteroatoms. The van der Waals surface area contributed by atoms with Gasteiger partial charge in [0.15, 0.2) is 0 Å². The lowest BCUT2D eigenvalue weighted by molar-refractivity contribution is -0.111. The van der Waals surface area contributed by atoms with Crippen LogP contribution in [0.2, 0.25) is 0 Å². The summed E-state index contributed by atoms with van der Waals surface area (Å²) in [6.45, 7) is 0. The van der Waals surface area contributed by atoms with Gasteiger partial charge in [0.25, 0.3) is 0 Å². The summed E-state index contributed by atoms with van der Waals surface area (Å²) in [4.78, 5) is 11.4. The molecule has 1 nitrogen and oxygen atoms in total. The van der Waals surface area contributed by atoms with Crippen LogP contribution in [0.1, 0.15) is 0 Å². The molecule has 0 N–H and O–H groups in total. The van der Waals surface area contributed by atoms with Crippen molar-refractivity contribution in [3.05, 3.63) is 30.1 Å². The second-order valence-corrected chi connectivity index (χ2v) is 3.36. The molecule has 0 amide bonds. The summed E-state index contributed by atoms with van der Waals surface area (Å²) in [6, 6.07) is 6.05. The Bertz CT molecular complexity index is 354. The Morgan fingerprint density at radius 1 is 1.62 bits per heavy atom. The van der Waals surface area contributed by atoms with Crippen molar-refractivity contribution in [2.75, 3.05) is 5.75 Å². The van der Waals surface area contributed by atoms with Crippen molar-refractivity contribution >= 4 is 17.5 Å². The normalized spacial score (nSPS) is 9.23. The van der Waals surface area contributed by atoms with E-state index in [1.165, 1.54) is 23.9 Å². The average molecular weight is 194 g/mol. The Morgan fingerprint density at radius 2 is 2.38 bits per heavy atom. The third-order valence-corrected chi connectivity index (χ3v) is 2.32. The highest BCUT2D eigenvalue weighted by atomic mass is 32.2. The van der Waals surface area contributed by atoms with Gasteiger partial charge in [-0.25, -0.2) is 4.39 Å². The van der Waals surface area contributed by atoms with Gasteiger partial charge in [-0.05, 0) is 24.1 Å². The predicted octanol–water partition coefficient (Wildman–Crippen LogP) is 2.12.